The van der Waals surface area contributed by atoms with Crippen molar-refractivity contribution < 1.29 is 133 Å². The molecule has 0 radical (unpaired) electrons. The number of alkyl carbamates (subject to hydrolysis) is 1. The number of hydrogen-bond acceptors (Lipinski definition) is 28. The van der Waals surface area contributed by atoms with Gasteiger partial charge in [-0.2, -0.15) is 0 Å². The summed E-state index contributed by atoms with van der Waals surface area (Å²) in [5, 5.41) is 9.77. The van der Waals surface area contributed by atoms with Gasteiger partial charge in [0.15, 0.2) is 49.3 Å². The van der Waals surface area contributed by atoms with Crippen molar-refractivity contribution in [2.75, 3.05) is 26.4 Å². The molecule has 82 heavy (non-hydrogen) atoms. The summed E-state index contributed by atoms with van der Waals surface area (Å²) in [6.07, 6.45) is -24.5. The van der Waals surface area contributed by atoms with Gasteiger partial charge in [0.1, 0.15) is 80.7 Å². The molecule has 0 spiro atoms. The standard InChI is InChI=1S/C50H72N4O28/c1-15-16-68-49(67)53-31(46(66)82-50(12,13)14)17-35(65)54-45-36(51-21(2)55)41(73-27(8)61)38(32(77-45)18-69-23(4)57)80-47-37(52-22(3)56)42(74-28(9)62)39(33(78-47)19-70-24(5)58)81-48-44(76-30(11)64)43(75-29(10)63)40(72-26(7)60)34(79-48)20-71-25(6)59/h15,31-34,36-45,47-48H,1,16-20H2,2-14H3,(H,51,55)(H,52,56)(H,53,67)(H,54,65)/t31-,32?,33?,34?,36?,37?,38+,39+,40+,41?,42?,43?,44?,45+,47-,48-/m0/s1. The van der Waals surface area contributed by atoms with E-state index in [1.165, 1.54) is 26.8 Å². The molecule has 3 rings (SSSR count). The first-order chi connectivity index (χ1) is 38.2. The maximum absolute atomic E-state index is 14.0. The van der Waals surface area contributed by atoms with Gasteiger partial charge >= 0.3 is 59.8 Å². The topological polar surface area (TPSA) is 408 Å². The lowest BCUT2D eigenvalue weighted by Crippen LogP contribution is -2.72. The van der Waals surface area contributed by atoms with Crippen LogP contribution in [0.5, 0.6) is 0 Å². The SMILES string of the molecule is C=CCOC(=O)N[C@@H](CC(=O)N[C@@H]1OC(COC(C)=O)[C@@H](O[C@@H]2OC(COC(C)=O)[C@@H](O[C@@H]3OC(COC(C)=O)[C@@H](OC(C)=O)C(OC(C)=O)C3OC(C)=O)C(OC(C)=O)C2NC(C)=O)C(OC(C)=O)C1NC(C)=O)C(=O)OC(C)(C)C. The lowest BCUT2D eigenvalue weighted by Gasteiger charge is -2.51. The highest BCUT2D eigenvalue weighted by Crippen LogP contribution is 2.37. The van der Waals surface area contributed by atoms with E-state index in [1.807, 2.05) is 0 Å². The first-order valence-corrected chi connectivity index (χ1v) is 25.3. The van der Waals surface area contributed by atoms with Crippen molar-refractivity contribution in [3.8, 4) is 0 Å². The molecule has 0 bridgehead atoms. The lowest BCUT2D eigenvalue weighted by atomic mass is 9.93. The van der Waals surface area contributed by atoms with Crippen molar-refractivity contribution in [1.29, 1.82) is 0 Å². The fourth-order valence-electron chi connectivity index (χ4n) is 8.42. The second-order valence-corrected chi connectivity index (χ2v) is 19.5. The fourth-order valence-corrected chi connectivity index (χ4v) is 8.42. The molecular weight excluding hydrogens is 1100 g/mol. The highest BCUT2D eigenvalue weighted by molar-refractivity contribution is 5.88. The van der Waals surface area contributed by atoms with Crippen molar-refractivity contribution in [2.24, 2.45) is 0 Å². The van der Waals surface area contributed by atoms with Gasteiger partial charge in [0.2, 0.25) is 17.7 Å². The minimum atomic E-state index is -2.03. The first kappa shape index (κ1) is 68.7. The first-order valence-electron chi connectivity index (χ1n) is 25.3. The van der Waals surface area contributed by atoms with E-state index in [2.05, 4.69) is 27.8 Å². The zero-order valence-corrected chi connectivity index (χ0v) is 47.5. The van der Waals surface area contributed by atoms with E-state index in [4.69, 9.17) is 71.1 Å². The Labute approximate surface area is 470 Å². The summed E-state index contributed by atoms with van der Waals surface area (Å²) in [5.41, 5.74) is -1.12. The molecule has 3 aliphatic heterocycles. The van der Waals surface area contributed by atoms with E-state index in [0.29, 0.717) is 0 Å². The molecule has 3 heterocycles. The number of carbonyl (C=O) groups excluding carboxylic acids is 13. The van der Waals surface area contributed by atoms with Crippen LogP contribution in [0.2, 0.25) is 0 Å². The molecule has 460 valence electrons. The third-order valence-corrected chi connectivity index (χ3v) is 11.1. The Morgan fingerprint density at radius 2 is 0.878 bits per heavy atom. The molecule has 32 heteroatoms. The zero-order valence-electron chi connectivity index (χ0n) is 47.5. The molecule has 4 amide bonds. The summed E-state index contributed by atoms with van der Waals surface area (Å²) in [5.74, 6) is -11.7. The van der Waals surface area contributed by atoms with E-state index in [1.54, 1.807) is 0 Å². The van der Waals surface area contributed by atoms with Gasteiger partial charge in [-0.3, -0.25) is 52.7 Å². The summed E-state index contributed by atoms with van der Waals surface area (Å²) in [7, 11) is 0. The predicted octanol–water partition coefficient (Wildman–Crippen LogP) is -1.58. The Bertz CT molecular complexity index is 2360. The molecule has 16 atom stereocenters. The molecule has 0 aliphatic carbocycles. The van der Waals surface area contributed by atoms with Crippen LogP contribution in [0, 0.1) is 0 Å². The third kappa shape index (κ3) is 22.4. The van der Waals surface area contributed by atoms with Gasteiger partial charge in [-0.1, -0.05) is 12.7 Å². The van der Waals surface area contributed by atoms with Crippen LogP contribution in [-0.2, 0) is 129 Å². The Morgan fingerprint density at radius 1 is 0.476 bits per heavy atom. The number of nitrogens with one attached hydrogen (secondary N) is 4. The van der Waals surface area contributed by atoms with Crippen LogP contribution in [-0.4, -0.2) is 208 Å². The number of hydrogen-bond donors (Lipinski definition) is 4. The molecule has 3 aliphatic rings. The van der Waals surface area contributed by atoms with Crippen molar-refractivity contribution in [3.05, 3.63) is 12.7 Å². The molecule has 0 aromatic rings. The average Bonchev–Trinajstić information content (AvgIpc) is 3.07. The predicted molar refractivity (Wildman–Crippen MR) is 266 cm³/mol. The summed E-state index contributed by atoms with van der Waals surface area (Å²) in [6, 6.07) is -5.22. The van der Waals surface area contributed by atoms with Crippen LogP contribution in [0.15, 0.2) is 12.7 Å². The van der Waals surface area contributed by atoms with E-state index >= 15 is 0 Å². The Hall–Kier alpha value is -7.55. The maximum Gasteiger partial charge on any atom is 0.408 e. The van der Waals surface area contributed by atoms with Crippen LogP contribution in [0.3, 0.4) is 0 Å². The third-order valence-electron chi connectivity index (χ3n) is 11.1. The fraction of sp³-hybridized carbons (Fsp3) is 0.700. The number of carbonyl (C=O) groups is 13. The summed E-state index contributed by atoms with van der Waals surface area (Å²) in [4.78, 5) is 167. The normalized spacial score (nSPS) is 28.0. The zero-order chi connectivity index (χ0) is 61.9. The summed E-state index contributed by atoms with van der Waals surface area (Å²) in [6.45, 7) is 15.3. The van der Waals surface area contributed by atoms with Gasteiger partial charge < -0.3 is 92.3 Å². The van der Waals surface area contributed by atoms with E-state index in [0.717, 1.165) is 69.2 Å². The van der Waals surface area contributed by atoms with Crippen LogP contribution >= 0.6 is 0 Å². The Kier molecular flexibility index (Phi) is 26.5. The van der Waals surface area contributed by atoms with Crippen molar-refractivity contribution in [1.82, 2.24) is 21.3 Å². The van der Waals surface area contributed by atoms with E-state index < -0.39 is 207 Å². The molecular formula is C50H72N4O28. The van der Waals surface area contributed by atoms with Crippen LogP contribution < -0.4 is 21.3 Å². The Balaban J connectivity index is 2.30. The smallest absolute Gasteiger partial charge is 0.408 e. The number of esters is 9. The minimum absolute atomic E-state index is 0.283. The maximum atomic E-state index is 14.0. The largest absolute Gasteiger partial charge is 0.463 e. The monoisotopic (exact) mass is 1180 g/mol. The molecule has 4 N–H and O–H groups in total. The van der Waals surface area contributed by atoms with Gasteiger partial charge in [0.05, 0.1) is 6.42 Å². The van der Waals surface area contributed by atoms with Crippen LogP contribution in [0.4, 0.5) is 4.79 Å². The molecule has 3 saturated heterocycles. The molecule has 3 fully saturated rings. The molecule has 0 aromatic carbocycles. The van der Waals surface area contributed by atoms with E-state index in [-0.39, 0.29) is 6.61 Å². The highest BCUT2D eigenvalue weighted by atomic mass is 16.8. The van der Waals surface area contributed by atoms with Crippen molar-refractivity contribution >= 4 is 77.5 Å². The van der Waals surface area contributed by atoms with Gasteiger partial charge in [-0.25, -0.2) is 9.59 Å². The lowest BCUT2D eigenvalue weighted by molar-refractivity contribution is -0.359. The van der Waals surface area contributed by atoms with Crippen LogP contribution in [0.25, 0.3) is 0 Å². The minimum Gasteiger partial charge on any atom is -0.463 e. The molecule has 9 unspecified atom stereocenters. The Morgan fingerprint density at radius 3 is 1.33 bits per heavy atom. The second-order valence-electron chi connectivity index (χ2n) is 19.5. The van der Waals surface area contributed by atoms with Gasteiger partial charge in [0, 0.05) is 69.2 Å². The average molecular weight is 1180 g/mol. The number of amides is 4. The van der Waals surface area contributed by atoms with E-state index in [9.17, 15) is 62.3 Å². The summed E-state index contributed by atoms with van der Waals surface area (Å²) >= 11 is 0. The van der Waals surface area contributed by atoms with Gasteiger partial charge in [-0.15, -0.1) is 0 Å². The highest BCUT2D eigenvalue weighted by Gasteiger charge is 2.59. The van der Waals surface area contributed by atoms with Crippen molar-refractivity contribution in [2.45, 2.75) is 200 Å². The van der Waals surface area contributed by atoms with Crippen LogP contribution in [0.1, 0.15) is 96.4 Å². The second kappa shape index (κ2) is 31.6. The summed E-state index contributed by atoms with van der Waals surface area (Å²) < 4.78 is 86.2. The molecule has 0 saturated carbocycles. The quantitative estimate of drug-likeness (QED) is 0.0481. The molecule has 32 nitrogen and oxygen atoms in total. The number of ether oxygens (including phenoxy) is 15. The van der Waals surface area contributed by atoms with Crippen molar-refractivity contribution in [3.63, 3.8) is 0 Å². The van der Waals surface area contributed by atoms with Gasteiger partial charge in [-0.05, 0) is 20.8 Å². The van der Waals surface area contributed by atoms with Gasteiger partial charge in [0.25, 0.3) is 0 Å². The molecule has 0 aromatic heterocycles. The number of rotatable bonds is 24.